The fourth-order valence-electron chi connectivity index (χ4n) is 1.93. The van der Waals surface area contributed by atoms with Crippen LogP contribution in [0.3, 0.4) is 0 Å². The van der Waals surface area contributed by atoms with E-state index in [1.165, 1.54) is 18.5 Å². The summed E-state index contributed by atoms with van der Waals surface area (Å²) in [5, 5.41) is 0. The summed E-state index contributed by atoms with van der Waals surface area (Å²) in [6.45, 7) is 3.00. The van der Waals surface area contributed by atoms with Gasteiger partial charge in [0.15, 0.2) is 0 Å². The molecule has 3 heteroatoms. The quantitative estimate of drug-likeness (QED) is 0.828. The first-order chi connectivity index (χ1) is 6.42. The lowest BCUT2D eigenvalue weighted by Gasteiger charge is -2.41. The Labute approximate surface area is 91.5 Å². The highest BCUT2D eigenvalue weighted by Crippen LogP contribution is 2.31. The van der Waals surface area contributed by atoms with E-state index in [1.807, 2.05) is 0 Å². The second-order valence-corrected chi connectivity index (χ2v) is 3.54. The van der Waals surface area contributed by atoms with Crippen LogP contribution in [0.25, 0.3) is 0 Å². The van der Waals surface area contributed by atoms with Gasteiger partial charge in [-0.1, -0.05) is 30.3 Å². The number of nitrogens with zero attached hydrogens (tertiary/aromatic N) is 1. The third kappa shape index (κ3) is 2.27. The number of rotatable bonds is 3. The van der Waals surface area contributed by atoms with Crippen molar-refractivity contribution in [1.29, 1.82) is 0 Å². The zero-order valence-corrected chi connectivity index (χ0v) is 9.04. The van der Waals surface area contributed by atoms with Crippen LogP contribution < -0.4 is 5.73 Å². The van der Waals surface area contributed by atoms with Crippen LogP contribution in [0.4, 0.5) is 0 Å². The molecular formula is C11H17ClN2. The Morgan fingerprint density at radius 2 is 2.00 bits per heavy atom. The molecule has 1 aliphatic rings. The van der Waals surface area contributed by atoms with E-state index in [-0.39, 0.29) is 12.4 Å². The van der Waals surface area contributed by atoms with Gasteiger partial charge >= 0.3 is 0 Å². The van der Waals surface area contributed by atoms with E-state index in [2.05, 4.69) is 35.2 Å². The summed E-state index contributed by atoms with van der Waals surface area (Å²) in [5.74, 6) is 0. The predicted molar refractivity (Wildman–Crippen MR) is 61.7 cm³/mol. The van der Waals surface area contributed by atoms with Crippen molar-refractivity contribution >= 4 is 12.4 Å². The minimum atomic E-state index is 0. The van der Waals surface area contributed by atoms with Crippen LogP contribution in [0, 0.1) is 0 Å². The lowest BCUT2D eigenvalue weighted by molar-refractivity contribution is 0.0951. The molecule has 1 aliphatic heterocycles. The molecule has 0 spiro atoms. The second-order valence-electron chi connectivity index (χ2n) is 3.54. The van der Waals surface area contributed by atoms with Gasteiger partial charge in [0.1, 0.15) is 0 Å². The summed E-state index contributed by atoms with van der Waals surface area (Å²) in [4.78, 5) is 2.44. The summed E-state index contributed by atoms with van der Waals surface area (Å²) in [6, 6.07) is 11.3. The predicted octanol–water partition coefficient (Wildman–Crippen LogP) is 1.81. The summed E-state index contributed by atoms with van der Waals surface area (Å²) in [6.07, 6.45) is 1.28. The van der Waals surface area contributed by atoms with Crippen LogP contribution in [-0.2, 0) is 0 Å². The Morgan fingerprint density at radius 3 is 2.50 bits per heavy atom. The first kappa shape index (κ1) is 11.5. The van der Waals surface area contributed by atoms with E-state index >= 15 is 0 Å². The van der Waals surface area contributed by atoms with Gasteiger partial charge in [0, 0.05) is 25.7 Å². The fourth-order valence-corrected chi connectivity index (χ4v) is 1.93. The van der Waals surface area contributed by atoms with E-state index in [9.17, 15) is 0 Å². The zero-order valence-electron chi connectivity index (χ0n) is 8.23. The summed E-state index contributed by atoms with van der Waals surface area (Å²) in [7, 11) is 0. The van der Waals surface area contributed by atoms with Crippen molar-refractivity contribution in [2.24, 2.45) is 5.73 Å². The number of hydrogen-bond donors (Lipinski definition) is 1. The molecule has 0 aromatic heterocycles. The fraction of sp³-hybridized carbons (Fsp3) is 0.455. The number of halogens is 1. The number of hydrogen-bond acceptors (Lipinski definition) is 2. The molecule has 1 atom stereocenters. The molecule has 0 aliphatic carbocycles. The van der Waals surface area contributed by atoms with E-state index < -0.39 is 0 Å². The topological polar surface area (TPSA) is 29.3 Å². The van der Waals surface area contributed by atoms with Gasteiger partial charge < -0.3 is 5.73 Å². The Bertz CT molecular complexity index is 263. The lowest BCUT2D eigenvalue weighted by atomic mass is 9.95. The molecule has 1 aromatic carbocycles. The highest BCUT2D eigenvalue weighted by molar-refractivity contribution is 5.85. The van der Waals surface area contributed by atoms with Gasteiger partial charge in [-0.05, 0) is 12.0 Å². The molecule has 0 saturated carbocycles. The molecule has 0 amide bonds. The van der Waals surface area contributed by atoms with Crippen molar-refractivity contribution in [2.45, 2.75) is 12.5 Å². The van der Waals surface area contributed by atoms with Gasteiger partial charge in [0.2, 0.25) is 0 Å². The molecule has 0 bridgehead atoms. The van der Waals surface area contributed by atoms with E-state index in [0.717, 1.165) is 13.1 Å². The van der Waals surface area contributed by atoms with Gasteiger partial charge in [0.05, 0.1) is 0 Å². The molecule has 1 aromatic rings. The molecule has 1 heterocycles. The van der Waals surface area contributed by atoms with Crippen molar-refractivity contribution in [1.82, 2.24) is 4.90 Å². The molecule has 0 radical (unpaired) electrons. The first-order valence-electron chi connectivity index (χ1n) is 4.91. The number of nitrogens with two attached hydrogens (primary N) is 1. The normalized spacial score (nSPS) is 21.1. The van der Waals surface area contributed by atoms with Crippen molar-refractivity contribution in [3.8, 4) is 0 Å². The van der Waals surface area contributed by atoms with Gasteiger partial charge in [0.25, 0.3) is 0 Å². The van der Waals surface area contributed by atoms with Gasteiger partial charge in [-0.15, -0.1) is 12.4 Å². The molecular weight excluding hydrogens is 196 g/mol. The molecule has 1 fully saturated rings. The first-order valence-corrected chi connectivity index (χ1v) is 4.91. The maximum atomic E-state index is 5.54. The monoisotopic (exact) mass is 212 g/mol. The largest absolute Gasteiger partial charge is 0.329 e. The van der Waals surface area contributed by atoms with Crippen LogP contribution in [0.1, 0.15) is 18.0 Å². The molecule has 78 valence electrons. The van der Waals surface area contributed by atoms with Gasteiger partial charge in [-0.3, -0.25) is 4.90 Å². The molecule has 2 rings (SSSR count). The van der Waals surface area contributed by atoms with Crippen molar-refractivity contribution in [3.05, 3.63) is 35.9 Å². The van der Waals surface area contributed by atoms with Crippen LogP contribution in [-0.4, -0.2) is 24.5 Å². The highest BCUT2D eigenvalue weighted by Gasteiger charge is 2.27. The minimum absolute atomic E-state index is 0. The Morgan fingerprint density at radius 1 is 1.29 bits per heavy atom. The smallest absolute Gasteiger partial charge is 0.0360 e. The van der Waals surface area contributed by atoms with Crippen LogP contribution in [0.5, 0.6) is 0 Å². The Balaban J connectivity index is 0.000000980. The van der Waals surface area contributed by atoms with Crippen molar-refractivity contribution in [2.75, 3.05) is 19.6 Å². The maximum absolute atomic E-state index is 5.54. The minimum Gasteiger partial charge on any atom is -0.329 e. The molecule has 1 saturated heterocycles. The van der Waals surface area contributed by atoms with Crippen molar-refractivity contribution < 1.29 is 0 Å². The standard InChI is InChI=1S/C11H16N2.ClH/c12-7-9-13-8-6-11(13)10-4-2-1-3-5-10;/h1-5,11H,6-9,12H2;1H. The van der Waals surface area contributed by atoms with Crippen LogP contribution >= 0.6 is 12.4 Å². The molecule has 2 N–H and O–H groups in total. The third-order valence-corrected chi connectivity index (χ3v) is 2.73. The Kier molecular flexibility index (Phi) is 4.39. The summed E-state index contributed by atoms with van der Waals surface area (Å²) < 4.78 is 0. The second kappa shape index (κ2) is 5.35. The van der Waals surface area contributed by atoms with E-state index in [4.69, 9.17) is 5.73 Å². The highest BCUT2D eigenvalue weighted by atomic mass is 35.5. The lowest BCUT2D eigenvalue weighted by Crippen LogP contribution is -2.43. The molecule has 14 heavy (non-hydrogen) atoms. The zero-order chi connectivity index (χ0) is 9.10. The maximum Gasteiger partial charge on any atom is 0.0360 e. The number of likely N-dealkylation sites (tertiary alicyclic amines) is 1. The van der Waals surface area contributed by atoms with Crippen molar-refractivity contribution in [3.63, 3.8) is 0 Å². The van der Waals surface area contributed by atoms with Gasteiger partial charge in [-0.2, -0.15) is 0 Å². The Hall–Kier alpha value is -0.570. The SMILES string of the molecule is Cl.NCCN1CCC1c1ccccc1. The summed E-state index contributed by atoms with van der Waals surface area (Å²) in [5.41, 5.74) is 6.97. The molecule has 1 unspecified atom stereocenters. The third-order valence-electron chi connectivity index (χ3n) is 2.73. The average Bonchev–Trinajstić information content (AvgIpc) is 2.14. The van der Waals surface area contributed by atoms with Crippen LogP contribution in [0.15, 0.2) is 30.3 Å². The summed E-state index contributed by atoms with van der Waals surface area (Å²) >= 11 is 0. The van der Waals surface area contributed by atoms with E-state index in [0.29, 0.717) is 6.04 Å². The number of benzene rings is 1. The van der Waals surface area contributed by atoms with Crippen LogP contribution in [0.2, 0.25) is 0 Å². The molecule has 2 nitrogen and oxygen atoms in total. The van der Waals surface area contributed by atoms with E-state index in [1.54, 1.807) is 0 Å². The van der Waals surface area contributed by atoms with Gasteiger partial charge in [-0.25, -0.2) is 0 Å². The average molecular weight is 213 g/mol.